The van der Waals surface area contributed by atoms with Gasteiger partial charge in [0, 0.05) is 11.1 Å². The number of rotatable bonds is 10. The van der Waals surface area contributed by atoms with Crippen LogP contribution in [0.1, 0.15) is 16.7 Å². The minimum atomic E-state index is -5.83. The third-order valence-corrected chi connectivity index (χ3v) is 7.74. The minimum Gasteiger partial charge on any atom is -0.490 e. The number of benzene rings is 4. The van der Waals surface area contributed by atoms with Crippen molar-refractivity contribution in [1.29, 1.82) is 0 Å². The Morgan fingerprint density at radius 3 is 1.65 bits per heavy atom. The summed E-state index contributed by atoms with van der Waals surface area (Å²) in [5.41, 5.74) is -5.35. The largest absolute Gasteiger partial charge is 0.490 e. The number of hydrogen-bond acceptors (Lipinski definition) is 6. The summed E-state index contributed by atoms with van der Waals surface area (Å²) in [7, 11) is 0. The van der Waals surface area contributed by atoms with Crippen molar-refractivity contribution in [2.75, 3.05) is 13.2 Å². The molecule has 6 nitrogen and oxygen atoms in total. The van der Waals surface area contributed by atoms with E-state index in [0.717, 1.165) is 36.4 Å². The van der Waals surface area contributed by atoms with Crippen molar-refractivity contribution in [3.63, 3.8) is 0 Å². The lowest BCUT2D eigenvalue weighted by Crippen LogP contribution is -2.54. The summed E-state index contributed by atoms with van der Waals surface area (Å²) in [5, 5.41) is 0. The van der Waals surface area contributed by atoms with Gasteiger partial charge < -0.3 is 18.3 Å². The molecule has 0 aliphatic carbocycles. The first-order chi connectivity index (χ1) is 22.9. The number of halogens is 6. The van der Waals surface area contributed by atoms with Crippen LogP contribution in [0.4, 0.5) is 26.3 Å². The molecule has 0 aliphatic heterocycles. The summed E-state index contributed by atoms with van der Waals surface area (Å²) in [6.07, 6.45) is -8.51. The van der Waals surface area contributed by atoms with Crippen LogP contribution < -0.4 is 9.47 Å². The zero-order chi connectivity index (χ0) is 34.3. The van der Waals surface area contributed by atoms with Crippen LogP contribution in [0.2, 0.25) is 0 Å². The maximum atomic E-state index is 15.0. The first-order valence-corrected chi connectivity index (χ1v) is 14.5. The molecular formula is C36H26F6N2O4. The van der Waals surface area contributed by atoms with E-state index < -0.39 is 28.9 Å². The fourth-order valence-electron chi connectivity index (χ4n) is 5.49. The Kier molecular flexibility index (Phi) is 8.28. The molecule has 0 saturated carbocycles. The zero-order valence-corrected chi connectivity index (χ0v) is 25.3. The van der Waals surface area contributed by atoms with Gasteiger partial charge in [-0.05, 0) is 90.3 Å². The van der Waals surface area contributed by atoms with Crippen LogP contribution in [0.5, 0.6) is 11.5 Å². The van der Waals surface area contributed by atoms with E-state index >= 15 is 26.3 Å². The summed E-state index contributed by atoms with van der Waals surface area (Å²) >= 11 is 0. The van der Waals surface area contributed by atoms with Gasteiger partial charge in [0.2, 0.25) is 17.2 Å². The van der Waals surface area contributed by atoms with Crippen LogP contribution in [-0.4, -0.2) is 35.5 Å². The van der Waals surface area contributed by atoms with Gasteiger partial charge in [-0.3, -0.25) is 0 Å². The highest BCUT2D eigenvalue weighted by Crippen LogP contribution is 2.57. The van der Waals surface area contributed by atoms with Gasteiger partial charge in [-0.25, -0.2) is 9.97 Å². The van der Waals surface area contributed by atoms with E-state index in [9.17, 15) is 0 Å². The molecule has 246 valence electrons. The van der Waals surface area contributed by atoms with E-state index in [4.69, 9.17) is 18.3 Å². The fraction of sp³-hybridized carbons (Fsp3) is 0.167. The van der Waals surface area contributed by atoms with E-state index in [0.29, 0.717) is 28.2 Å². The molecule has 48 heavy (non-hydrogen) atoms. The maximum Gasteiger partial charge on any atom is 0.411 e. The van der Waals surface area contributed by atoms with Crippen LogP contribution in [0.3, 0.4) is 0 Å². The first-order valence-electron chi connectivity index (χ1n) is 14.5. The van der Waals surface area contributed by atoms with Crippen molar-refractivity contribution in [3.8, 4) is 34.4 Å². The molecule has 6 aromatic rings. The predicted molar refractivity (Wildman–Crippen MR) is 168 cm³/mol. The number of oxazole rings is 2. The van der Waals surface area contributed by atoms with Gasteiger partial charge in [-0.15, -0.1) is 0 Å². The van der Waals surface area contributed by atoms with Crippen molar-refractivity contribution in [2.45, 2.75) is 24.7 Å². The molecule has 2 heterocycles. The minimum absolute atomic E-state index is 0.00628. The highest BCUT2D eigenvalue weighted by atomic mass is 19.4. The van der Waals surface area contributed by atoms with Gasteiger partial charge in [-0.1, -0.05) is 37.4 Å². The zero-order valence-electron chi connectivity index (χ0n) is 25.3. The number of hydrogen-bond donors (Lipinski definition) is 0. The highest BCUT2D eigenvalue weighted by Gasteiger charge is 2.72. The molecule has 0 N–H and O–H groups in total. The van der Waals surface area contributed by atoms with Gasteiger partial charge in [-0.2, -0.15) is 26.3 Å². The number of ether oxygens (including phenoxy) is 2. The van der Waals surface area contributed by atoms with Gasteiger partial charge >= 0.3 is 12.4 Å². The third-order valence-electron chi connectivity index (χ3n) is 7.74. The first kappa shape index (κ1) is 32.4. The quantitative estimate of drug-likeness (QED) is 0.107. The van der Waals surface area contributed by atoms with Crippen LogP contribution >= 0.6 is 0 Å². The summed E-state index contributed by atoms with van der Waals surface area (Å²) in [6.45, 7) is 9.49. The van der Waals surface area contributed by atoms with Crippen molar-refractivity contribution in [1.82, 2.24) is 9.97 Å². The molecule has 0 saturated heterocycles. The van der Waals surface area contributed by atoms with E-state index in [1.165, 1.54) is 0 Å². The van der Waals surface area contributed by atoms with Crippen LogP contribution in [0, 0.1) is 6.92 Å². The van der Waals surface area contributed by atoms with Gasteiger partial charge in [0.05, 0.1) is 0 Å². The average molecular weight is 665 g/mol. The third kappa shape index (κ3) is 5.67. The van der Waals surface area contributed by atoms with Crippen molar-refractivity contribution in [3.05, 3.63) is 121 Å². The molecule has 2 aromatic heterocycles. The van der Waals surface area contributed by atoms with Crippen LogP contribution in [0.25, 0.3) is 45.1 Å². The number of fused-ring (bicyclic) bond motifs is 2. The van der Waals surface area contributed by atoms with Gasteiger partial charge in [0.15, 0.2) is 11.2 Å². The van der Waals surface area contributed by atoms with Crippen molar-refractivity contribution < 1.29 is 44.7 Å². The lowest BCUT2D eigenvalue weighted by atomic mass is 9.72. The highest BCUT2D eigenvalue weighted by molar-refractivity contribution is 5.80. The molecule has 0 aliphatic rings. The van der Waals surface area contributed by atoms with E-state index in [-0.39, 0.29) is 47.2 Å². The molecular weight excluding hydrogens is 638 g/mol. The van der Waals surface area contributed by atoms with Gasteiger partial charge in [0.1, 0.15) is 35.7 Å². The second kappa shape index (κ2) is 12.3. The molecule has 0 spiro atoms. The number of alkyl halides is 6. The second-order valence-corrected chi connectivity index (χ2v) is 10.9. The smallest absolute Gasteiger partial charge is 0.411 e. The molecule has 0 atom stereocenters. The number of nitrogens with zero attached hydrogens (tertiary/aromatic N) is 2. The second-order valence-electron chi connectivity index (χ2n) is 10.9. The molecule has 0 fully saturated rings. The Bertz CT molecular complexity index is 2110. The van der Waals surface area contributed by atoms with Crippen LogP contribution in [0.15, 0.2) is 113 Å². The molecule has 12 heteroatoms. The van der Waals surface area contributed by atoms with Gasteiger partial charge in [0.25, 0.3) is 0 Å². The number of aromatic nitrogens is 2. The SMILES string of the molecule is C=CCOc1ccc(-c2nc3cc(C(c4ccc5oc(-c6ccc(OCC=C)c(C)c6)nc5c4)(C(F)(F)F)C(F)(F)F)ccc3o2)cc1. The molecule has 4 aromatic carbocycles. The van der Waals surface area contributed by atoms with E-state index in [2.05, 4.69) is 23.1 Å². The van der Waals surface area contributed by atoms with E-state index in [1.54, 1.807) is 61.5 Å². The summed E-state index contributed by atoms with van der Waals surface area (Å²) in [6, 6.07) is 16.5. The summed E-state index contributed by atoms with van der Waals surface area (Å²) < 4.78 is 113. The Balaban J connectivity index is 1.43. The normalized spacial score (nSPS) is 12.4. The Morgan fingerprint density at radius 1 is 0.646 bits per heavy atom. The van der Waals surface area contributed by atoms with Crippen LogP contribution in [-0.2, 0) is 5.41 Å². The van der Waals surface area contributed by atoms with E-state index in [1.807, 2.05) is 0 Å². The summed E-state index contributed by atoms with van der Waals surface area (Å²) in [5.74, 6) is 1.12. The lowest BCUT2D eigenvalue weighted by molar-refractivity contribution is -0.288. The van der Waals surface area contributed by atoms with Crippen molar-refractivity contribution >= 4 is 22.2 Å². The lowest BCUT2D eigenvalue weighted by Gasteiger charge is -2.38. The standard InChI is InChI=1S/C36H26F6N2O4/c1-4-16-45-26-11-6-22(7-12-26)32-43-27-19-24(9-14-30(27)47-32)34(35(37,38)39,36(40,41)42)25-10-15-31-28(20-25)44-33(48-31)23-8-13-29(21(3)18-23)46-17-5-2/h4-15,18-20H,1-2,16-17H2,3H3. The molecule has 6 rings (SSSR count). The molecule has 0 bridgehead atoms. The molecule has 0 unspecified atom stereocenters. The number of aryl methyl sites for hydroxylation is 1. The predicted octanol–water partition coefficient (Wildman–Crippen LogP) is 10.2. The Labute approximate surface area is 269 Å². The maximum absolute atomic E-state index is 15.0. The Morgan fingerprint density at radius 2 is 1.15 bits per heavy atom. The monoisotopic (exact) mass is 664 g/mol. The fourth-order valence-corrected chi connectivity index (χ4v) is 5.49. The summed E-state index contributed by atoms with van der Waals surface area (Å²) in [4.78, 5) is 8.48. The molecule has 0 amide bonds. The topological polar surface area (TPSA) is 70.5 Å². The average Bonchev–Trinajstić information content (AvgIpc) is 3.66. The van der Waals surface area contributed by atoms with Crippen molar-refractivity contribution in [2.24, 2.45) is 0 Å². The molecule has 0 radical (unpaired) electrons. The Hall–Kier alpha value is -5.52.